The fraction of sp³-hybridized carbons (Fsp3) is 1.00. The minimum Gasteiger partial charge on any atom is -0.303 e. The van der Waals surface area contributed by atoms with Crippen LogP contribution in [-0.2, 0) is 0 Å². The van der Waals surface area contributed by atoms with Gasteiger partial charge < -0.3 is 4.90 Å². The van der Waals surface area contributed by atoms with Crippen molar-refractivity contribution in [3.63, 3.8) is 0 Å². The molecule has 0 spiro atoms. The van der Waals surface area contributed by atoms with Gasteiger partial charge in [0.25, 0.3) is 0 Å². The summed E-state index contributed by atoms with van der Waals surface area (Å²) in [7, 11) is 2.29. The monoisotopic (exact) mass is 153 g/mol. The quantitative estimate of drug-likeness (QED) is 0.586. The van der Waals surface area contributed by atoms with E-state index in [0.29, 0.717) is 0 Å². The van der Waals surface area contributed by atoms with Crippen LogP contribution in [0.5, 0.6) is 0 Å². The number of hydrogen-bond acceptors (Lipinski definition) is 1. The first-order valence-electron chi connectivity index (χ1n) is 4.88. The molecule has 2 rings (SSSR count). The maximum atomic E-state index is 2.57. The van der Waals surface area contributed by atoms with Crippen molar-refractivity contribution in [3.05, 3.63) is 0 Å². The predicted octanol–water partition coefficient (Wildman–Crippen LogP) is 1.98. The first-order chi connectivity index (χ1) is 5.18. The lowest BCUT2D eigenvalue weighted by Crippen LogP contribution is -2.30. The number of piperidine rings is 1. The fourth-order valence-corrected chi connectivity index (χ4v) is 2.62. The summed E-state index contributed by atoms with van der Waals surface area (Å²) in [6.45, 7) is 6.05. The van der Waals surface area contributed by atoms with Crippen molar-refractivity contribution >= 4 is 0 Å². The Labute approximate surface area is 69.8 Å². The van der Waals surface area contributed by atoms with E-state index in [1.165, 1.54) is 19.4 Å². The SMILES string of the molecule is CC(C)C[C@@H]1[C@@H]2C[C@@H]2CN1C. The smallest absolute Gasteiger partial charge is 0.0126 e. The van der Waals surface area contributed by atoms with Crippen LogP contribution in [0.1, 0.15) is 26.7 Å². The summed E-state index contributed by atoms with van der Waals surface area (Å²) < 4.78 is 0. The highest BCUT2D eigenvalue weighted by molar-refractivity contribution is 5.03. The largest absolute Gasteiger partial charge is 0.303 e. The maximum absolute atomic E-state index is 2.57. The molecule has 11 heavy (non-hydrogen) atoms. The van der Waals surface area contributed by atoms with E-state index >= 15 is 0 Å². The van der Waals surface area contributed by atoms with Gasteiger partial charge in [-0.2, -0.15) is 0 Å². The summed E-state index contributed by atoms with van der Waals surface area (Å²) in [4.78, 5) is 2.57. The molecule has 3 atom stereocenters. The van der Waals surface area contributed by atoms with Gasteiger partial charge in [0.1, 0.15) is 0 Å². The van der Waals surface area contributed by atoms with Gasteiger partial charge in [-0.1, -0.05) is 13.8 Å². The lowest BCUT2D eigenvalue weighted by molar-refractivity contribution is 0.236. The third-order valence-electron chi connectivity index (χ3n) is 3.27. The van der Waals surface area contributed by atoms with Crippen LogP contribution in [-0.4, -0.2) is 24.5 Å². The number of hydrogen-bond donors (Lipinski definition) is 0. The summed E-state index contributed by atoms with van der Waals surface area (Å²) >= 11 is 0. The van der Waals surface area contributed by atoms with Crippen LogP contribution in [0, 0.1) is 17.8 Å². The molecule has 2 fully saturated rings. The highest BCUT2D eigenvalue weighted by atomic mass is 15.2. The van der Waals surface area contributed by atoms with Gasteiger partial charge in [-0.05, 0) is 37.6 Å². The molecule has 2 aliphatic rings. The molecule has 0 bridgehead atoms. The second-order valence-corrected chi connectivity index (χ2v) is 4.80. The Hall–Kier alpha value is -0.0400. The molecule has 0 aromatic rings. The summed E-state index contributed by atoms with van der Waals surface area (Å²) in [5, 5.41) is 0. The molecule has 0 amide bonds. The average molecular weight is 153 g/mol. The lowest BCUT2D eigenvalue weighted by atomic mass is 10.0. The van der Waals surface area contributed by atoms with E-state index in [2.05, 4.69) is 25.8 Å². The average Bonchev–Trinajstić information content (AvgIpc) is 2.56. The van der Waals surface area contributed by atoms with Crippen LogP contribution in [0.2, 0.25) is 0 Å². The van der Waals surface area contributed by atoms with Crippen LogP contribution < -0.4 is 0 Å². The molecule has 0 N–H and O–H groups in total. The van der Waals surface area contributed by atoms with E-state index in [0.717, 1.165) is 23.8 Å². The van der Waals surface area contributed by atoms with Crippen molar-refractivity contribution in [3.8, 4) is 0 Å². The molecular weight excluding hydrogens is 134 g/mol. The molecule has 1 saturated heterocycles. The van der Waals surface area contributed by atoms with Gasteiger partial charge in [-0.25, -0.2) is 0 Å². The highest BCUT2D eigenvalue weighted by Crippen LogP contribution is 2.50. The summed E-state index contributed by atoms with van der Waals surface area (Å²) in [5.74, 6) is 3.05. The zero-order valence-electron chi connectivity index (χ0n) is 7.88. The maximum Gasteiger partial charge on any atom is 0.0126 e. The Morgan fingerprint density at radius 1 is 1.45 bits per heavy atom. The van der Waals surface area contributed by atoms with Gasteiger partial charge in [0.05, 0.1) is 0 Å². The Morgan fingerprint density at radius 3 is 2.64 bits per heavy atom. The molecule has 1 heterocycles. The van der Waals surface area contributed by atoms with Crippen LogP contribution in [0.15, 0.2) is 0 Å². The molecular formula is C10H19N. The minimum absolute atomic E-state index is 0.877. The minimum atomic E-state index is 0.877. The Bertz CT molecular complexity index is 151. The van der Waals surface area contributed by atoms with Crippen LogP contribution >= 0.6 is 0 Å². The van der Waals surface area contributed by atoms with Gasteiger partial charge in [-0.3, -0.25) is 0 Å². The van der Waals surface area contributed by atoms with E-state index in [1.54, 1.807) is 0 Å². The normalized spacial score (nSPS) is 43.1. The van der Waals surface area contributed by atoms with Gasteiger partial charge in [0.2, 0.25) is 0 Å². The van der Waals surface area contributed by atoms with E-state index in [4.69, 9.17) is 0 Å². The van der Waals surface area contributed by atoms with E-state index in [9.17, 15) is 0 Å². The molecule has 1 aliphatic heterocycles. The molecule has 1 aliphatic carbocycles. The van der Waals surface area contributed by atoms with E-state index in [-0.39, 0.29) is 0 Å². The van der Waals surface area contributed by atoms with Crippen molar-refractivity contribution in [2.75, 3.05) is 13.6 Å². The predicted molar refractivity (Wildman–Crippen MR) is 47.5 cm³/mol. The summed E-state index contributed by atoms with van der Waals surface area (Å²) in [6, 6.07) is 0.931. The van der Waals surface area contributed by atoms with Crippen molar-refractivity contribution in [1.29, 1.82) is 0 Å². The number of likely N-dealkylation sites (tertiary alicyclic amines) is 1. The molecule has 1 nitrogen and oxygen atoms in total. The zero-order valence-corrected chi connectivity index (χ0v) is 7.88. The second kappa shape index (κ2) is 2.48. The fourth-order valence-electron chi connectivity index (χ4n) is 2.62. The third kappa shape index (κ3) is 1.31. The van der Waals surface area contributed by atoms with Gasteiger partial charge in [0, 0.05) is 12.6 Å². The van der Waals surface area contributed by atoms with E-state index < -0.39 is 0 Å². The lowest BCUT2D eigenvalue weighted by Gasteiger charge is -2.24. The Kier molecular flexibility index (Phi) is 1.71. The third-order valence-corrected chi connectivity index (χ3v) is 3.27. The van der Waals surface area contributed by atoms with Crippen molar-refractivity contribution in [2.45, 2.75) is 32.7 Å². The number of rotatable bonds is 2. The van der Waals surface area contributed by atoms with Crippen LogP contribution in [0.25, 0.3) is 0 Å². The number of nitrogens with zero attached hydrogens (tertiary/aromatic N) is 1. The Balaban J connectivity index is 1.91. The molecule has 1 heteroatoms. The number of fused-ring (bicyclic) bond motifs is 1. The van der Waals surface area contributed by atoms with Crippen molar-refractivity contribution in [1.82, 2.24) is 4.90 Å². The Morgan fingerprint density at radius 2 is 2.18 bits per heavy atom. The zero-order chi connectivity index (χ0) is 8.01. The summed E-state index contributed by atoms with van der Waals surface area (Å²) in [5.41, 5.74) is 0. The van der Waals surface area contributed by atoms with Gasteiger partial charge >= 0.3 is 0 Å². The van der Waals surface area contributed by atoms with Crippen LogP contribution in [0.3, 0.4) is 0 Å². The molecule has 0 unspecified atom stereocenters. The van der Waals surface area contributed by atoms with Gasteiger partial charge in [-0.15, -0.1) is 0 Å². The first kappa shape index (κ1) is 7.60. The summed E-state index contributed by atoms with van der Waals surface area (Å²) in [6.07, 6.45) is 2.94. The topological polar surface area (TPSA) is 3.24 Å². The molecule has 1 saturated carbocycles. The molecule has 0 radical (unpaired) electrons. The molecule has 64 valence electrons. The van der Waals surface area contributed by atoms with Crippen molar-refractivity contribution < 1.29 is 0 Å². The van der Waals surface area contributed by atoms with Crippen LogP contribution in [0.4, 0.5) is 0 Å². The van der Waals surface area contributed by atoms with Crippen molar-refractivity contribution in [2.24, 2.45) is 17.8 Å². The highest BCUT2D eigenvalue weighted by Gasteiger charge is 2.50. The molecule has 0 aromatic carbocycles. The standard InChI is InChI=1S/C10H19N/c1-7(2)4-10-9-5-8(9)6-11(10)3/h7-10H,4-6H2,1-3H3/t8-,9-,10-/m1/s1. The molecule has 0 aromatic heterocycles. The first-order valence-corrected chi connectivity index (χ1v) is 4.88. The van der Waals surface area contributed by atoms with Gasteiger partial charge in [0.15, 0.2) is 0 Å². The van der Waals surface area contributed by atoms with E-state index in [1.807, 2.05) is 0 Å². The second-order valence-electron chi connectivity index (χ2n) is 4.80.